The average molecular weight is 319 g/mol. The molecule has 0 saturated heterocycles. The summed E-state index contributed by atoms with van der Waals surface area (Å²) in [6.07, 6.45) is 2.27. The average Bonchev–Trinajstić information content (AvgIpc) is 2.93. The van der Waals surface area contributed by atoms with Gasteiger partial charge in [-0.05, 0) is 24.3 Å². The standard InChI is InChI=1S/C16H18FN3O3/c1-19-10-18-14-7-20(12(8-21)6-15(14)19)16(22)9-23-13-4-2-11(17)3-5-13/h2-5,10,12,21H,6-9H2,1H3/t12-/m1/s1. The van der Waals surface area contributed by atoms with Crippen LogP contribution >= 0.6 is 0 Å². The number of halogens is 1. The first-order chi connectivity index (χ1) is 11.1. The number of ether oxygens (including phenoxy) is 1. The van der Waals surface area contributed by atoms with Gasteiger partial charge in [0.05, 0.1) is 31.2 Å². The first kappa shape index (κ1) is 15.5. The summed E-state index contributed by atoms with van der Waals surface area (Å²) in [5, 5.41) is 9.57. The molecular weight excluding hydrogens is 301 g/mol. The van der Waals surface area contributed by atoms with E-state index in [2.05, 4.69) is 4.98 Å². The number of carbonyl (C=O) groups excluding carboxylic acids is 1. The number of aliphatic hydroxyl groups is 1. The van der Waals surface area contributed by atoms with Crippen molar-refractivity contribution < 1.29 is 19.0 Å². The maximum absolute atomic E-state index is 12.8. The summed E-state index contributed by atoms with van der Waals surface area (Å²) in [7, 11) is 1.90. The molecule has 3 rings (SSSR count). The molecule has 2 aromatic rings. The van der Waals surface area contributed by atoms with Gasteiger partial charge in [-0.3, -0.25) is 4.79 Å². The molecule has 0 saturated carbocycles. The second-order valence-corrected chi connectivity index (χ2v) is 5.55. The van der Waals surface area contributed by atoms with Gasteiger partial charge in [0, 0.05) is 19.2 Å². The molecular formula is C16H18FN3O3. The van der Waals surface area contributed by atoms with Crippen LogP contribution in [0.1, 0.15) is 11.4 Å². The van der Waals surface area contributed by atoms with Gasteiger partial charge < -0.3 is 19.3 Å². The molecule has 7 heteroatoms. The quantitative estimate of drug-likeness (QED) is 0.908. The third-order valence-corrected chi connectivity index (χ3v) is 4.04. The lowest BCUT2D eigenvalue weighted by molar-refractivity contribution is -0.138. The number of hydrogen-bond donors (Lipinski definition) is 1. The second-order valence-electron chi connectivity index (χ2n) is 5.55. The van der Waals surface area contributed by atoms with E-state index in [0.29, 0.717) is 18.7 Å². The molecule has 122 valence electrons. The Kier molecular flexibility index (Phi) is 4.29. The van der Waals surface area contributed by atoms with E-state index in [1.54, 1.807) is 11.2 Å². The van der Waals surface area contributed by atoms with Crippen LogP contribution < -0.4 is 4.74 Å². The number of nitrogens with zero attached hydrogens (tertiary/aromatic N) is 3. The van der Waals surface area contributed by atoms with E-state index in [1.807, 2.05) is 11.6 Å². The summed E-state index contributed by atoms with van der Waals surface area (Å²) >= 11 is 0. The Balaban J connectivity index is 1.67. The zero-order valence-electron chi connectivity index (χ0n) is 12.8. The summed E-state index contributed by atoms with van der Waals surface area (Å²) in [5.41, 5.74) is 1.87. The Hall–Kier alpha value is -2.41. The Morgan fingerprint density at radius 2 is 2.17 bits per heavy atom. The van der Waals surface area contributed by atoms with E-state index in [-0.39, 0.29) is 31.0 Å². The number of fused-ring (bicyclic) bond motifs is 1. The number of carbonyl (C=O) groups is 1. The van der Waals surface area contributed by atoms with Crippen LogP contribution in [0.2, 0.25) is 0 Å². The van der Waals surface area contributed by atoms with Gasteiger partial charge in [0.25, 0.3) is 5.91 Å². The number of benzene rings is 1. The first-order valence-corrected chi connectivity index (χ1v) is 7.36. The molecule has 0 spiro atoms. The predicted octanol–water partition coefficient (Wildman–Crippen LogP) is 0.884. The van der Waals surface area contributed by atoms with Crippen molar-refractivity contribution in [3.63, 3.8) is 0 Å². The van der Waals surface area contributed by atoms with Crippen LogP contribution in [0.4, 0.5) is 4.39 Å². The number of imidazole rings is 1. The predicted molar refractivity (Wildman–Crippen MR) is 80.2 cm³/mol. The number of amides is 1. The maximum Gasteiger partial charge on any atom is 0.261 e. The van der Waals surface area contributed by atoms with E-state index in [4.69, 9.17) is 4.74 Å². The number of rotatable bonds is 4. The minimum atomic E-state index is -0.359. The molecule has 0 aliphatic carbocycles. The highest BCUT2D eigenvalue weighted by Crippen LogP contribution is 2.22. The van der Waals surface area contributed by atoms with Gasteiger partial charge in [-0.15, -0.1) is 0 Å². The fourth-order valence-corrected chi connectivity index (χ4v) is 2.74. The fourth-order valence-electron chi connectivity index (χ4n) is 2.74. The molecule has 0 radical (unpaired) electrons. The lowest BCUT2D eigenvalue weighted by atomic mass is 10.0. The van der Waals surface area contributed by atoms with Gasteiger partial charge in [-0.1, -0.05) is 0 Å². The molecule has 1 aliphatic heterocycles. The van der Waals surface area contributed by atoms with Crippen LogP contribution in [0.3, 0.4) is 0 Å². The number of aryl methyl sites for hydroxylation is 1. The summed E-state index contributed by atoms with van der Waals surface area (Å²) < 4.78 is 20.2. The van der Waals surface area contributed by atoms with Crippen molar-refractivity contribution >= 4 is 5.91 Å². The number of aliphatic hydroxyl groups excluding tert-OH is 1. The van der Waals surface area contributed by atoms with E-state index in [1.165, 1.54) is 24.3 Å². The van der Waals surface area contributed by atoms with Crippen LogP contribution in [0.15, 0.2) is 30.6 Å². The van der Waals surface area contributed by atoms with E-state index >= 15 is 0 Å². The second kappa shape index (κ2) is 6.37. The third-order valence-electron chi connectivity index (χ3n) is 4.04. The maximum atomic E-state index is 12.8. The number of hydrogen-bond acceptors (Lipinski definition) is 4. The van der Waals surface area contributed by atoms with Crippen molar-refractivity contribution in [2.24, 2.45) is 7.05 Å². The van der Waals surface area contributed by atoms with Gasteiger partial charge >= 0.3 is 0 Å². The van der Waals surface area contributed by atoms with E-state index in [9.17, 15) is 14.3 Å². The molecule has 1 aromatic carbocycles. The van der Waals surface area contributed by atoms with Gasteiger partial charge in [-0.2, -0.15) is 0 Å². The minimum absolute atomic E-state index is 0.118. The van der Waals surface area contributed by atoms with Gasteiger partial charge in [0.2, 0.25) is 0 Å². The summed E-state index contributed by atoms with van der Waals surface area (Å²) in [5.74, 6) is -0.164. The van der Waals surface area contributed by atoms with E-state index in [0.717, 1.165) is 11.4 Å². The lowest BCUT2D eigenvalue weighted by Crippen LogP contribution is -2.48. The zero-order chi connectivity index (χ0) is 16.4. The fraction of sp³-hybridized carbons (Fsp3) is 0.375. The van der Waals surface area contributed by atoms with Gasteiger partial charge in [0.15, 0.2) is 6.61 Å². The third kappa shape index (κ3) is 3.19. The Bertz CT molecular complexity index is 699. The van der Waals surface area contributed by atoms with Crippen molar-refractivity contribution in [3.8, 4) is 5.75 Å². The largest absolute Gasteiger partial charge is 0.484 e. The molecule has 6 nitrogen and oxygen atoms in total. The highest BCUT2D eigenvalue weighted by Gasteiger charge is 2.31. The van der Waals surface area contributed by atoms with Gasteiger partial charge in [0.1, 0.15) is 11.6 Å². The van der Waals surface area contributed by atoms with Crippen LogP contribution in [0.25, 0.3) is 0 Å². The Labute approximate surface area is 133 Å². The van der Waals surface area contributed by atoms with E-state index < -0.39 is 0 Å². The summed E-state index contributed by atoms with van der Waals surface area (Å²) in [6.45, 7) is 0.0736. The van der Waals surface area contributed by atoms with Crippen molar-refractivity contribution in [2.75, 3.05) is 13.2 Å². The highest BCUT2D eigenvalue weighted by molar-refractivity contribution is 5.78. The zero-order valence-corrected chi connectivity index (χ0v) is 12.8. The molecule has 0 unspecified atom stereocenters. The molecule has 1 amide bonds. The summed E-state index contributed by atoms with van der Waals surface area (Å²) in [4.78, 5) is 18.3. The monoisotopic (exact) mass is 319 g/mol. The van der Waals surface area contributed by atoms with Crippen LogP contribution in [0, 0.1) is 5.82 Å². The van der Waals surface area contributed by atoms with Gasteiger partial charge in [-0.25, -0.2) is 9.37 Å². The molecule has 1 atom stereocenters. The van der Waals surface area contributed by atoms with Crippen LogP contribution in [-0.4, -0.2) is 44.7 Å². The van der Waals surface area contributed by atoms with Crippen molar-refractivity contribution in [2.45, 2.75) is 19.0 Å². The van der Waals surface area contributed by atoms with Crippen molar-refractivity contribution in [1.82, 2.24) is 14.5 Å². The molecule has 1 aliphatic rings. The first-order valence-electron chi connectivity index (χ1n) is 7.36. The molecule has 1 aromatic heterocycles. The Morgan fingerprint density at radius 1 is 1.43 bits per heavy atom. The highest BCUT2D eigenvalue weighted by atomic mass is 19.1. The smallest absolute Gasteiger partial charge is 0.261 e. The normalized spacial score (nSPS) is 17.0. The van der Waals surface area contributed by atoms with Crippen molar-refractivity contribution in [1.29, 1.82) is 0 Å². The topological polar surface area (TPSA) is 67.6 Å². The van der Waals surface area contributed by atoms with Crippen LogP contribution in [0.5, 0.6) is 5.75 Å². The lowest BCUT2D eigenvalue weighted by Gasteiger charge is -2.34. The molecule has 0 bridgehead atoms. The van der Waals surface area contributed by atoms with Crippen LogP contribution in [-0.2, 0) is 24.8 Å². The SMILES string of the molecule is Cn1cnc2c1C[C@H](CO)N(C(=O)COc1ccc(F)cc1)C2. The summed E-state index contributed by atoms with van der Waals surface area (Å²) in [6, 6.07) is 5.20. The molecule has 23 heavy (non-hydrogen) atoms. The molecule has 2 heterocycles. The molecule has 0 fully saturated rings. The number of aromatic nitrogens is 2. The van der Waals surface area contributed by atoms with Crippen molar-refractivity contribution in [3.05, 3.63) is 47.8 Å². The molecule has 1 N–H and O–H groups in total. The Morgan fingerprint density at radius 3 is 2.87 bits per heavy atom. The minimum Gasteiger partial charge on any atom is -0.484 e.